The van der Waals surface area contributed by atoms with Crippen molar-refractivity contribution in [3.05, 3.63) is 23.8 Å². The molecular formula is C14H15F3N2O. The van der Waals surface area contributed by atoms with Crippen LogP contribution in [0.15, 0.2) is 18.2 Å². The zero-order valence-electron chi connectivity index (χ0n) is 11.0. The summed E-state index contributed by atoms with van der Waals surface area (Å²) in [4.78, 5) is 14.0. The normalized spacial score (nSPS) is 21.0. The Balaban J connectivity index is 2.01. The lowest BCUT2D eigenvalue weighted by atomic mass is 9.68. The maximum Gasteiger partial charge on any atom is 0.416 e. The Morgan fingerprint density at radius 3 is 2.55 bits per heavy atom. The highest BCUT2D eigenvalue weighted by Gasteiger charge is 2.47. The van der Waals surface area contributed by atoms with Gasteiger partial charge in [-0.25, -0.2) is 0 Å². The molecule has 3 nitrogen and oxygen atoms in total. The van der Waals surface area contributed by atoms with Crippen molar-refractivity contribution in [2.24, 2.45) is 5.41 Å². The number of hydrogen-bond donors (Lipinski definition) is 1. The minimum absolute atomic E-state index is 0.0749. The molecule has 0 saturated heterocycles. The van der Waals surface area contributed by atoms with Crippen LogP contribution in [0.25, 0.3) is 0 Å². The summed E-state index contributed by atoms with van der Waals surface area (Å²) in [5.74, 6) is -0.0749. The van der Waals surface area contributed by atoms with Gasteiger partial charge in [-0.2, -0.15) is 13.2 Å². The van der Waals surface area contributed by atoms with Gasteiger partial charge in [0.05, 0.1) is 22.4 Å². The first kappa shape index (κ1) is 13.3. The van der Waals surface area contributed by atoms with Crippen LogP contribution in [0.2, 0.25) is 0 Å². The van der Waals surface area contributed by atoms with Crippen molar-refractivity contribution in [2.75, 3.05) is 23.8 Å². The molecule has 0 bridgehead atoms. The van der Waals surface area contributed by atoms with Gasteiger partial charge >= 0.3 is 6.18 Å². The SMILES string of the molecule is CN1CC2(CCC2)C(=O)Nc2ccc(C(F)(F)F)cc21. The Bertz CT molecular complexity index is 564. The molecule has 0 aromatic heterocycles. The average Bonchev–Trinajstić information content (AvgIpc) is 2.42. The predicted octanol–water partition coefficient (Wildman–Crippen LogP) is 3.26. The number of rotatable bonds is 0. The van der Waals surface area contributed by atoms with Crippen molar-refractivity contribution in [3.8, 4) is 0 Å². The van der Waals surface area contributed by atoms with Crippen molar-refractivity contribution in [1.82, 2.24) is 0 Å². The lowest BCUT2D eigenvalue weighted by Crippen LogP contribution is -2.47. The molecule has 1 saturated carbocycles. The van der Waals surface area contributed by atoms with Crippen LogP contribution in [0.3, 0.4) is 0 Å². The first-order chi connectivity index (χ1) is 9.32. The van der Waals surface area contributed by atoms with Crippen molar-refractivity contribution in [1.29, 1.82) is 0 Å². The van der Waals surface area contributed by atoms with Crippen molar-refractivity contribution in [2.45, 2.75) is 25.4 Å². The molecule has 0 atom stereocenters. The summed E-state index contributed by atoms with van der Waals surface area (Å²) >= 11 is 0. The molecule has 20 heavy (non-hydrogen) atoms. The van der Waals surface area contributed by atoms with Gasteiger partial charge in [0.1, 0.15) is 0 Å². The fourth-order valence-corrected chi connectivity index (χ4v) is 2.98. The molecule has 1 aromatic carbocycles. The van der Waals surface area contributed by atoms with Gasteiger partial charge in [0.25, 0.3) is 0 Å². The molecule has 1 spiro atoms. The lowest BCUT2D eigenvalue weighted by molar-refractivity contribution is -0.137. The summed E-state index contributed by atoms with van der Waals surface area (Å²) in [6, 6.07) is 3.45. The predicted molar refractivity (Wildman–Crippen MR) is 69.6 cm³/mol. The van der Waals surface area contributed by atoms with Crippen molar-refractivity contribution < 1.29 is 18.0 Å². The Morgan fingerprint density at radius 1 is 1.30 bits per heavy atom. The van der Waals surface area contributed by atoms with Gasteiger partial charge in [0.15, 0.2) is 0 Å². The molecule has 3 rings (SSSR count). The fourth-order valence-electron chi connectivity index (χ4n) is 2.98. The number of carbonyl (C=O) groups excluding carboxylic acids is 1. The molecule has 108 valence electrons. The van der Waals surface area contributed by atoms with Crippen LogP contribution in [-0.4, -0.2) is 19.5 Å². The first-order valence-corrected chi connectivity index (χ1v) is 6.56. The van der Waals surface area contributed by atoms with Crippen molar-refractivity contribution in [3.63, 3.8) is 0 Å². The van der Waals surface area contributed by atoms with E-state index >= 15 is 0 Å². The second-order valence-corrected chi connectivity index (χ2v) is 5.67. The van der Waals surface area contributed by atoms with E-state index < -0.39 is 17.2 Å². The van der Waals surface area contributed by atoms with E-state index in [1.54, 1.807) is 11.9 Å². The molecule has 1 aliphatic carbocycles. The number of nitrogens with zero attached hydrogens (tertiary/aromatic N) is 1. The Hall–Kier alpha value is -1.72. The first-order valence-electron chi connectivity index (χ1n) is 6.56. The fraction of sp³-hybridized carbons (Fsp3) is 0.500. The van der Waals surface area contributed by atoms with Gasteiger partial charge in [-0.1, -0.05) is 6.42 Å². The second-order valence-electron chi connectivity index (χ2n) is 5.67. The van der Waals surface area contributed by atoms with E-state index in [1.807, 2.05) is 0 Å². The second kappa shape index (κ2) is 4.14. The number of alkyl halides is 3. The Kier molecular flexibility index (Phi) is 2.74. The third-order valence-corrected chi connectivity index (χ3v) is 4.32. The molecule has 1 aromatic rings. The van der Waals surface area contributed by atoms with E-state index in [-0.39, 0.29) is 5.91 Å². The summed E-state index contributed by atoms with van der Waals surface area (Å²) in [6.45, 7) is 0.465. The summed E-state index contributed by atoms with van der Waals surface area (Å²) in [7, 11) is 1.74. The molecular weight excluding hydrogens is 269 g/mol. The molecule has 1 heterocycles. The zero-order chi connectivity index (χ0) is 14.5. The molecule has 1 N–H and O–H groups in total. The minimum Gasteiger partial charge on any atom is -0.372 e. The van der Waals surface area contributed by atoms with Crippen LogP contribution in [0, 0.1) is 5.41 Å². The number of benzene rings is 1. The molecule has 2 aliphatic rings. The van der Waals surface area contributed by atoms with Gasteiger partial charge in [-0.3, -0.25) is 4.79 Å². The lowest BCUT2D eigenvalue weighted by Gasteiger charge is -2.41. The molecule has 1 aliphatic heterocycles. The van der Waals surface area contributed by atoms with Gasteiger partial charge in [-0.05, 0) is 31.0 Å². The third-order valence-electron chi connectivity index (χ3n) is 4.32. The van der Waals surface area contributed by atoms with Crippen LogP contribution in [0.5, 0.6) is 0 Å². The number of nitrogens with one attached hydrogen (secondary N) is 1. The quantitative estimate of drug-likeness (QED) is 0.793. The van der Waals surface area contributed by atoms with Gasteiger partial charge in [-0.15, -0.1) is 0 Å². The van der Waals surface area contributed by atoms with Crippen LogP contribution in [0.1, 0.15) is 24.8 Å². The van der Waals surface area contributed by atoms with Crippen LogP contribution in [-0.2, 0) is 11.0 Å². The van der Waals surface area contributed by atoms with Crippen LogP contribution >= 0.6 is 0 Å². The summed E-state index contributed by atoms with van der Waals surface area (Å²) < 4.78 is 38.4. The summed E-state index contributed by atoms with van der Waals surface area (Å²) in [6.07, 6.45) is -1.79. The number of hydrogen-bond acceptors (Lipinski definition) is 2. The average molecular weight is 284 g/mol. The van der Waals surface area contributed by atoms with E-state index in [1.165, 1.54) is 6.07 Å². The van der Waals surface area contributed by atoms with E-state index in [4.69, 9.17) is 0 Å². The topological polar surface area (TPSA) is 32.3 Å². The molecule has 0 radical (unpaired) electrons. The third kappa shape index (κ3) is 1.94. The Labute approximate surface area is 114 Å². The molecule has 6 heteroatoms. The summed E-state index contributed by atoms with van der Waals surface area (Å²) in [5, 5.41) is 2.78. The van der Waals surface area contributed by atoms with E-state index in [9.17, 15) is 18.0 Å². The molecule has 1 fully saturated rings. The van der Waals surface area contributed by atoms with Gasteiger partial charge < -0.3 is 10.2 Å². The van der Waals surface area contributed by atoms with Crippen LogP contribution in [0.4, 0.5) is 24.5 Å². The Morgan fingerprint density at radius 2 is 2.00 bits per heavy atom. The number of amides is 1. The highest BCUT2D eigenvalue weighted by molar-refractivity contribution is 6.00. The van der Waals surface area contributed by atoms with Crippen molar-refractivity contribution >= 4 is 17.3 Å². The number of fused-ring (bicyclic) bond motifs is 1. The van der Waals surface area contributed by atoms with Gasteiger partial charge in [0, 0.05) is 13.6 Å². The summed E-state index contributed by atoms with van der Waals surface area (Å²) in [5.41, 5.74) is -0.250. The number of carbonyl (C=O) groups is 1. The van der Waals surface area contributed by atoms with E-state index in [0.29, 0.717) is 17.9 Å². The zero-order valence-corrected chi connectivity index (χ0v) is 11.0. The number of halogens is 3. The largest absolute Gasteiger partial charge is 0.416 e. The monoisotopic (exact) mass is 284 g/mol. The smallest absolute Gasteiger partial charge is 0.372 e. The number of anilines is 2. The van der Waals surface area contributed by atoms with E-state index in [2.05, 4.69) is 5.32 Å². The standard InChI is InChI=1S/C14H15F3N2O/c1-19-8-13(5-2-6-13)12(20)18-10-4-3-9(7-11(10)19)14(15,16)17/h3-4,7H,2,5-6,8H2,1H3,(H,18,20). The van der Waals surface area contributed by atoms with Crippen LogP contribution < -0.4 is 10.2 Å². The maximum atomic E-state index is 12.8. The highest BCUT2D eigenvalue weighted by Crippen LogP contribution is 2.46. The molecule has 1 amide bonds. The molecule has 0 unspecified atom stereocenters. The minimum atomic E-state index is -4.37. The highest BCUT2D eigenvalue weighted by atomic mass is 19.4. The maximum absolute atomic E-state index is 12.8. The van der Waals surface area contributed by atoms with Gasteiger partial charge in [0.2, 0.25) is 5.91 Å². The van der Waals surface area contributed by atoms with E-state index in [0.717, 1.165) is 31.4 Å².